The van der Waals surface area contributed by atoms with E-state index in [0.29, 0.717) is 6.07 Å². The second kappa shape index (κ2) is 3.24. The Balaban J connectivity index is 3.36. The maximum Gasteiger partial charge on any atom is 0.431 e. The Kier molecular flexibility index (Phi) is 2.41. The first-order chi connectivity index (χ1) is 6.36. The Morgan fingerprint density at radius 1 is 1.50 bits per heavy atom. The number of aromatic amines is 1. The molecule has 78 valence electrons. The zero-order valence-corrected chi connectivity index (χ0v) is 7.20. The van der Waals surface area contributed by atoms with Gasteiger partial charge in [0, 0.05) is 7.05 Å². The van der Waals surface area contributed by atoms with Gasteiger partial charge < -0.3 is 16.0 Å². The van der Waals surface area contributed by atoms with Crippen LogP contribution in [0.25, 0.3) is 0 Å². The van der Waals surface area contributed by atoms with Crippen LogP contribution in [0.15, 0.2) is 10.9 Å². The van der Waals surface area contributed by atoms with Crippen molar-refractivity contribution in [3.63, 3.8) is 0 Å². The Labute approximate surface area is 76.9 Å². The molecule has 0 aliphatic rings. The van der Waals surface area contributed by atoms with E-state index < -0.39 is 17.4 Å². The molecule has 4 nitrogen and oxygen atoms in total. The van der Waals surface area contributed by atoms with E-state index in [4.69, 9.17) is 5.73 Å². The van der Waals surface area contributed by atoms with E-state index in [9.17, 15) is 18.0 Å². The molecule has 0 unspecified atom stereocenters. The SMILES string of the molecule is CNc1c(N)cc(C(F)(F)F)[nH]c1=O. The predicted molar refractivity (Wildman–Crippen MR) is 46.0 cm³/mol. The highest BCUT2D eigenvalue weighted by Gasteiger charge is 2.32. The van der Waals surface area contributed by atoms with Crippen LogP contribution in [0.2, 0.25) is 0 Å². The van der Waals surface area contributed by atoms with Gasteiger partial charge >= 0.3 is 6.18 Å². The number of H-pyrrole nitrogens is 1. The fraction of sp³-hybridized carbons (Fsp3) is 0.286. The van der Waals surface area contributed by atoms with Crippen LogP contribution in [0, 0.1) is 0 Å². The second-order valence-electron chi connectivity index (χ2n) is 2.59. The Morgan fingerprint density at radius 2 is 2.07 bits per heavy atom. The van der Waals surface area contributed by atoms with Crippen molar-refractivity contribution in [2.45, 2.75) is 6.18 Å². The van der Waals surface area contributed by atoms with E-state index in [0.717, 1.165) is 0 Å². The molecule has 1 heterocycles. The molecule has 0 saturated carbocycles. The van der Waals surface area contributed by atoms with E-state index in [1.807, 2.05) is 0 Å². The van der Waals surface area contributed by atoms with E-state index in [1.54, 1.807) is 4.98 Å². The van der Waals surface area contributed by atoms with Crippen LogP contribution < -0.4 is 16.6 Å². The number of nitrogen functional groups attached to an aromatic ring is 1. The van der Waals surface area contributed by atoms with Gasteiger partial charge in [0.15, 0.2) is 0 Å². The fourth-order valence-electron chi connectivity index (χ4n) is 0.990. The molecule has 0 saturated heterocycles. The van der Waals surface area contributed by atoms with Crippen molar-refractivity contribution in [3.8, 4) is 0 Å². The lowest BCUT2D eigenvalue weighted by atomic mass is 10.3. The molecule has 0 aliphatic carbocycles. The van der Waals surface area contributed by atoms with Gasteiger partial charge in [-0.05, 0) is 6.07 Å². The highest BCUT2D eigenvalue weighted by atomic mass is 19.4. The van der Waals surface area contributed by atoms with Crippen LogP contribution in [0.1, 0.15) is 5.69 Å². The van der Waals surface area contributed by atoms with Crippen molar-refractivity contribution in [1.29, 1.82) is 0 Å². The summed E-state index contributed by atoms with van der Waals surface area (Å²) in [5.74, 6) is 0. The smallest absolute Gasteiger partial charge is 0.397 e. The van der Waals surface area contributed by atoms with Gasteiger partial charge in [-0.3, -0.25) is 4.79 Å². The van der Waals surface area contributed by atoms with Gasteiger partial charge in [0.1, 0.15) is 11.4 Å². The molecule has 14 heavy (non-hydrogen) atoms. The molecule has 0 fully saturated rings. The van der Waals surface area contributed by atoms with Crippen molar-refractivity contribution in [1.82, 2.24) is 4.98 Å². The third-order valence-corrected chi connectivity index (χ3v) is 1.62. The van der Waals surface area contributed by atoms with Crippen molar-refractivity contribution >= 4 is 11.4 Å². The molecule has 0 radical (unpaired) electrons. The molecule has 1 rings (SSSR count). The van der Waals surface area contributed by atoms with Crippen LogP contribution in [-0.2, 0) is 6.18 Å². The van der Waals surface area contributed by atoms with Crippen LogP contribution in [0.4, 0.5) is 24.5 Å². The van der Waals surface area contributed by atoms with Crippen molar-refractivity contribution in [2.75, 3.05) is 18.1 Å². The molecular formula is C7H8F3N3O. The molecule has 4 N–H and O–H groups in total. The summed E-state index contributed by atoms with van der Waals surface area (Å²) >= 11 is 0. The number of nitrogens with two attached hydrogens (primary N) is 1. The second-order valence-corrected chi connectivity index (χ2v) is 2.59. The van der Waals surface area contributed by atoms with Gasteiger partial charge in [0.2, 0.25) is 0 Å². The molecular weight excluding hydrogens is 199 g/mol. The normalized spacial score (nSPS) is 11.4. The maximum absolute atomic E-state index is 12.1. The van der Waals surface area contributed by atoms with Crippen LogP contribution in [0.3, 0.4) is 0 Å². The van der Waals surface area contributed by atoms with Crippen LogP contribution in [0.5, 0.6) is 0 Å². The number of rotatable bonds is 1. The lowest BCUT2D eigenvalue weighted by Crippen LogP contribution is -2.20. The summed E-state index contributed by atoms with van der Waals surface area (Å²) in [6, 6.07) is 0.674. The number of alkyl halides is 3. The summed E-state index contributed by atoms with van der Waals surface area (Å²) in [7, 11) is 1.40. The van der Waals surface area contributed by atoms with Crippen molar-refractivity contribution in [3.05, 3.63) is 22.1 Å². The van der Waals surface area contributed by atoms with Gasteiger partial charge in [-0.1, -0.05) is 0 Å². The summed E-state index contributed by atoms with van der Waals surface area (Å²) in [6.07, 6.45) is -4.60. The van der Waals surface area contributed by atoms with Crippen molar-refractivity contribution in [2.24, 2.45) is 0 Å². The van der Waals surface area contributed by atoms with Crippen LogP contribution in [-0.4, -0.2) is 12.0 Å². The zero-order chi connectivity index (χ0) is 10.9. The third-order valence-electron chi connectivity index (χ3n) is 1.62. The van der Waals surface area contributed by atoms with Gasteiger partial charge in [-0.2, -0.15) is 13.2 Å². The molecule has 0 aliphatic heterocycles. The number of nitrogens with one attached hydrogen (secondary N) is 2. The number of halogens is 3. The molecule has 0 atom stereocenters. The standard InChI is InChI=1S/C7H8F3N3O/c1-12-5-3(11)2-4(7(8,9)10)13-6(5)14/h2,12H,1H3,(H3,11,13,14). The van der Waals surface area contributed by atoms with E-state index in [-0.39, 0.29) is 11.4 Å². The number of anilines is 2. The average molecular weight is 207 g/mol. The van der Waals surface area contributed by atoms with Crippen LogP contribution >= 0.6 is 0 Å². The summed E-state index contributed by atoms with van der Waals surface area (Å²) in [5.41, 5.74) is 2.90. The van der Waals surface area contributed by atoms with Gasteiger partial charge in [0.05, 0.1) is 5.69 Å². The summed E-state index contributed by atoms with van der Waals surface area (Å²) in [5, 5.41) is 2.41. The molecule has 1 aromatic heterocycles. The lowest BCUT2D eigenvalue weighted by Gasteiger charge is -2.09. The average Bonchev–Trinajstić information content (AvgIpc) is 2.01. The molecule has 0 bridgehead atoms. The quantitative estimate of drug-likeness (QED) is 0.643. The zero-order valence-electron chi connectivity index (χ0n) is 7.20. The van der Waals surface area contributed by atoms with E-state index in [2.05, 4.69) is 5.32 Å². The van der Waals surface area contributed by atoms with Gasteiger partial charge in [-0.15, -0.1) is 0 Å². The third kappa shape index (κ3) is 1.81. The minimum absolute atomic E-state index is 0.0713. The molecule has 0 spiro atoms. The van der Waals surface area contributed by atoms with E-state index in [1.165, 1.54) is 7.05 Å². The lowest BCUT2D eigenvalue weighted by molar-refractivity contribution is -0.141. The first kappa shape index (κ1) is 10.4. The number of aromatic nitrogens is 1. The monoisotopic (exact) mass is 207 g/mol. The molecule has 1 aromatic rings. The maximum atomic E-state index is 12.1. The van der Waals surface area contributed by atoms with Gasteiger partial charge in [-0.25, -0.2) is 0 Å². The Bertz CT molecular complexity index is 396. The van der Waals surface area contributed by atoms with E-state index >= 15 is 0 Å². The largest absolute Gasteiger partial charge is 0.431 e. The summed E-state index contributed by atoms with van der Waals surface area (Å²) in [6.45, 7) is 0. The summed E-state index contributed by atoms with van der Waals surface area (Å²) < 4.78 is 36.4. The van der Waals surface area contributed by atoms with Gasteiger partial charge in [0.25, 0.3) is 5.56 Å². The molecule has 7 heteroatoms. The number of pyridine rings is 1. The minimum Gasteiger partial charge on any atom is -0.397 e. The topological polar surface area (TPSA) is 70.9 Å². The fourth-order valence-corrected chi connectivity index (χ4v) is 0.990. The first-order valence-electron chi connectivity index (χ1n) is 3.64. The Morgan fingerprint density at radius 3 is 2.43 bits per heavy atom. The van der Waals surface area contributed by atoms with Crippen molar-refractivity contribution < 1.29 is 13.2 Å². The Hall–Kier alpha value is -1.66. The predicted octanol–water partition coefficient (Wildman–Crippen LogP) is 1.02. The highest BCUT2D eigenvalue weighted by Crippen LogP contribution is 2.28. The highest BCUT2D eigenvalue weighted by molar-refractivity contribution is 5.64. The molecule has 0 aromatic carbocycles. The number of hydrogen-bond acceptors (Lipinski definition) is 3. The molecule has 0 amide bonds. The summed E-state index contributed by atoms with van der Waals surface area (Å²) in [4.78, 5) is 12.7. The first-order valence-corrected chi connectivity index (χ1v) is 3.64. The minimum atomic E-state index is -4.60. The number of hydrogen-bond donors (Lipinski definition) is 3.